The van der Waals surface area contributed by atoms with Gasteiger partial charge < -0.3 is 14.7 Å². The van der Waals surface area contributed by atoms with E-state index in [1.165, 1.54) is 11.1 Å². The number of aryl methyl sites for hydroxylation is 1. The Bertz CT molecular complexity index is 859. The highest BCUT2D eigenvalue weighted by Gasteiger charge is 2.12. The number of rotatable bonds is 7. The van der Waals surface area contributed by atoms with E-state index in [9.17, 15) is 4.79 Å². The van der Waals surface area contributed by atoms with Crippen LogP contribution in [0.4, 0.5) is 4.79 Å². The summed E-state index contributed by atoms with van der Waals surface area (Å²) in [5.41, 5.74) is 3.28. The van der Waals surface area contributed by atoms with Crippen LogP contribution >= 0.6 is 0 Å². The van der Waals surface area contributed by atoms with Crippen LogP contribution in [0.1, 0.15) is 17.0 Å². The highest BCUT2D eigenvalue weighted by molar-refractivity contribution is 5.73. The van der Waals surface area contributed by atoms with E-state index in [0.29, 0.717) is 31.2 Å². The fourth-order valence-corrected chi connectivity index (χ4v) is 2.63. The molecule has 3 aromatic rings. The molecule has 6 heteroatoms. The summed E-state index contributed by atoms with van der Waals surface area (Å²) in [7, 11) is 1.76. The Morgan fingerprint density at radius 2 is 1.81 bits per heavy atom. The van der Waals surface area contributed by atoms with Gasteiger partial charge >= 0.3 is 6.03 Å². The normalized spacial score (nSPS) is 10.6. The summed E-state index contributed by atoms with van der Waals surface area (Å²) < 4.78 is 5.32. The molecule has 0 aliphatic carbocycles. The van der Waals surface area contributed by atoms with E-state index in [2.05, 4.69) is 27.6 Å². The van der Waals surface area contributed by atoms with Crippen LogP contribution in [0.3, 0.4) is 0 Å². The number of nitrogens with one attached hydrogen (secondary N) is 1. The topological polar surface area (TPSA) is 71.3 Å². The molecular formula is C21H24N4O2. The van der Waals surface area contributed by atoms with Crippen LogP contribution < -0.4 is 5.32 Å². The van der Waals surface area contributed by atoms with Gasteiger partial charge in [-0.2, -0.15) is 4.98 Å². The lowest BCUT2D eigenvalue weighted by atomic mass is 10.1. The average Bonchev–Trinajstić information content (AvgIpc) is 3.16. The van der Waals surface area contributed by atoms with E-state index < -0.39 is 0 Å². The molecule has 0 aliphatic heterocycles. The van der Waals surface area contributed by atoms with Gasteiger partial charge in [0, 0.05) is 32.1 Å². The van der Waals surface area contributed by atoms with Gasteiger partial charge in [0.15, 0.2) is 5.82 Å². The highest BCUT2D eigenvalue weighted by Crippen LogP contribution is 2.17. The number of amides is 2. The minimum absolute atomic E-state index is 0.104. The second-order valence-corrected chi connectivity index (χ2v) is 6.52. The van der Waals surface area contributed by atoms with Gasteiger partial charge in [0.1, 0.15) is 0 Å². The second-order valence-electron chi connectivity index (χ2n) is 6.52. The van der Waals surface area contributed by atoms with Crippen molar-refractivity contribution in [1.82, 2.24) is 20.4 Å². The molecule has 2 amide bonds. The van der Waals surface area contributed by atoms with E-state index in [0.717, 1.165) is 12.0 Å². The van der Waals surface area contributed by atoms with Crippen molar-refractivity contribution in [3.8, 4) is 11.5 Å². The zero-order valence-electron chi connectivity index (χ0n) is 15.7. The monoisotopic (exact) mass is 364 g/mol. The fourth-order valence-electron chi connectivity index (χ4n) is 2.63. The molecule has 27 heavy (non-hydrogen) atoms. The largest absolute Gasteiger partial charge is 0.338 e. The van der Waals surface area contributed by atoms with Gasteiger partial charge in [-0.15, -0.1) is 0 Å². The van der Waals surface area contributed by atoms with Crippen LogP contribution in [-0.2, 0) is 12.8 Å². The Kier molecular flexibility index (Phi) is 6.20. The molecule has 140 valence electrons. The minimum Gasteiger partial charge on any atom is -0.338 e. The first kappa shape index (κ1) is 18.6. The van der Waals surface area contributed by atoms with E-state index in [-0.39, 0.29) is 6.03 Å². The fraction of sp³-hybridized carbons (Fsp3) is 0.286. The average molecular weight is 364 g/mol. The van der Waals surface area contributed by atoms with Crippen molar-refractivity contribution in [2.45, 2.75) is 19.8 Å². The maximum Gasteiger partial charge on any atom is 0.317 e. The Morgan fingerprint density at radius 1 is 1.07 bits per heavy atom. The molecule has 0 fully saturated rings. The van der Waals surface area contributed by atoms with Gasteiger partial charge in [0.2, 0.25) is 0 Å². The number of hydrogen-bond donors (Lipinski definition) is 1. The predicted molar refractivity (Wildman–Crippen MR) is 104 cm³/mol. The number of benzene rings is 2. The van der Waals surface area contributed by atoms with Gasteiger partial charge in [-0.1, -0.05) is 53.2 Å². The number of aromatic nitrogens is 2. The van der Waals surface area contributed by atoms with E-state index in [1.54, 1.807) is 11.9 Å². The third-order valence-electron chi connectivity index (χ3n) is 4.32. The molecule has 0 radical (unpaired) electrons. The Morgan fingerprint density at radius 3 is 2.56 bits per heavy atom. The molecule has 0 bridgehead atoms. The van der Waals surface area contributed by atoms with Crippen LogP contribution in [0, 0.1) is 6.92 Å². The third-order valence-corrected chi connectivity index (χ3v) is 4.32. The van der Waals surface area contributed by atoms with Crippen LogP contribution in [0.2, 0.25) is 0 Å². The molecule has 1 heterocycles. The maximum atomic E-state index is 12.2. The van der Waals surface area contributed by atoms with Gasteiger partial charge in [-0.25, -0.2) is 4.79 Å². The van der Waals surface area contributed by atoms with Gasteiger partial charge in [0.25, 0.3) is 5.89 Å². The first-order valence-corrected chi connectivity index (χ1v) is 9.04. The zero-order chi connectivity index (χ0) is 19.1. The SMILES string of the molecule is Cc1ccc(-c2nc(CCN(C)C(=O)NCCc3ccccc3)no2)cc1. The summed E-state index contributed by atoms with van der Waals surface area (Å²) in [4.78, 5) is 18.2. The summed E-state index contributed by atoms with van der Waals surface area (Å²) in [5, 5.41) is 6.93. The summed E-state index contributed by atoms with van der Waals surface area (Å²) in [6.07, 6.45) is 1.35. The Labute approximate surface area is 159 Å². The summed E-state index contributed by atoms with van der Waals surface area (Å²) in [6, 6.07) is 17.9. The number of likely N-dealkylation sites (N-methyl/N-ethyl adjacent to an activating group) is 1. The molecule has 0 unspecified atom stereocenters. The summed E-state index contributed by atoms with van der Waals surface area (Å²) >= 11 is 0. The van der Waals surface area contributed by atoms with Crippen LogP contribution in [-0.4, -0.2) is 41.2 Å². The van der Waals surface area contributed by atoms with Crippen molar-refractivity contribution >= 4 is 6.03 Å². The first-order chi connectivity index (χ1) is 13.1. The van der Waals surface area contributed by atoms with Crippen molar-refractivity contribution in [3.63, 3.8) is 0 Å². The van der Waals surface area contributed by atoms with E-state index in [1.807, 2.05) is 49.4 Å². The van der Waals surface area contributed by atoms with Crippen LogP contribution in [0.15, 0.2) is 59.1 Å². The molecule has 0 atom stereocenters. The number of urea groups is 1. The molecule has 6 nitrogen and oxygen atoms in total. The van der Waals surface area contributed by atoms with Gasteiger partial charge in [0.05, 0.1) is 0 Å². The predicted octanol–water partition coefficient (Wildman–Crippen LogP) is 3.47. The maximum absolute atomic E-state index is 12.2. The molecule has 2 aromatic carbocycles. The number of nitrogens with zero attached hydrogens (tertiary/aromatic N) is 3. The summed E-state index contributed by atoms with van der Waals surface area (Å²) in [6.45, 7) is 3.15. The Hall–Kier alpha value is -3.15. The van der Waals surface area contributed by atoms with Gasteiger partial charge in [-0.3, -0.25) is 0 Å². The van der Waals surface area contributed by atoms with E-state index >= 15 is 0 Å². The summed E-state index contributed by atoms with van der Waals surface area (Å²) in [5.74, 6) is 1.09. The van der Waals surface area contributed by atoms with Crippen LogP contribution in [0.25, 0.3) is 11.5 Å². The number of carbonyl (C=O) groups excluding carboxylic acids is 1. The van der Waals surface area contributed by atoms with E-state index in [4.69, 9.17) is 4.52 Å². The van der Waals surface area contributed by atoms with Crippen molar-refractivity contribution in [3.05, 3.63) is 71.5 Å². The van der Waals surface area contributed by atoms with Crippen molar-refractivity contribution in [2.24, 2.45) is 0 Å². The lowest BCUT2D eigenvalue weighted by Gasteiger charge is -2.17. The highest BCUT2D eigenvalue weighted by atomic mass is 16.5. The minimum atomic E-state index is -0.104. The quantitative estimate of drug-likeness (QED) is 0.697. The van der Waals surface area contributed by atoms with Crippen LogP contribution in [0.5, 0.6) is 0 Å². The van der Waals surface area contributed by atoms with Crippen molar-refractivity contribution < 1.29 is 9.32 Å². The number of carbonyl (C=O) groups is 1. The second kappa shape index (κ2) is 8.98. The third kappa shape index (κ3) is 5.41. The lowest BCUT2D eigenvalue weighted by Crippen LogP contribution is -2.39. The number of hydrogen-bond acceptors (Lipinski definition) is 4. The standard InChI is InChI=1S/C21H24N4O2/c1-16-8-10-18(11-9-16)20-23-19(24-27-20)13-15-25(2)21(26)22-14-12-17-6-4-3-5-7-17/h3-11H,12-15H2,1-2H3,(H,22,26). The smallest absolute Gasteiger partial charge is 0.317 e. The molecule has 0 saturated carbocycles. The molecule has 0 spiro atoms. The van der Waals surface area contributed by atoms with Crippen molar-refractivity contribution in [2.75, 3.05) is 20.1 Å². The zero-order valence-corrected chi connectivity index (χ0v) is 15.7. The molecular weight excluding hydrogens is 340 g/mol. The first-order valence-electron chi connectivity index (χ1n) is 9.04. The molecule has 3 rings (SSSR count). The van der Waals surface area contributed by atoms with Gasteiger partial charge in [-0.05, 0) is 31.0 Å². The molecule has 1 aromatic heterocycles. The molecule has 0 saturated heterocycles. The molecule has 1 N–H and O–H groups in total. The van der Waals surface area contributed by atoms with Crippen molar-refractivity contribution in [1.29, 1.82) is 0 Å². The lowest BCUT2D eigenvalue weighted by molar-refractivity contribution is 0.209. The molecule has 0 aliphatic rings. The Balaban J connectivity index is 1.44.